The number of hydrogen-bond acceptors (Lipinski definition) is 5. The second-order valence-corrected chi connectivity index (χ2v) is 14.7. The number of carbonyl (C=O) groups excluding carboxylic acids is 2. The fourth-order valence-electron chi connectivity index (χ4n) is 6.16. The Morgan fingerprint density at radius 2 is 1.02 bits per heavy atom. The molecule has 0 saturated heterocycles. The molecule has 310 valence electrons. The Hall–Kier alpha value is -2.70. The predicted octanol–water partition coefficient (Wildman–Crippen LogP) is 12.7. The van der Waals surface area contributed by atoms with E-state index in [4.69, 9.17) is 4.74 Å². The Bertz CT molecular complexity index is 1030. The molecule has 0 saturated carbocycles. The lowest BCUT2D eigenvalue weighted by atomic mass is 10.0. The van der Waals surface area contributed by atoms with Crippen molar-refractivity contribution < 1.29 is 24.5 Å². The van der Waals surface area contributed by atoms with Crippen molar-refractivity contribution in [2.75, 3.05) is 6.61 Å². The molecule has 0 fully saturated rings. The highest BCUT2D eigenvalue weighted by Gasteiger charge is 2.23. The van der Waals surface area contributed by atoms with Crippen molar-refractivity contribution in [3.05, 3.63) is 72.9 Å². The van der Waals surface area contributed by atoms with E-state index in [9.17, 15) is 19.8 Å². The second-order valence-electron chi connectivity index (χ2n) is 14.7. The van der Waals surface area contributed by atoms with Crippen LogP contribution in [0.1, 0.15) is 194 Å². The van der Waals surface area contributed by atoms with E-state index in [2.05, 4.69) is 92.9 Å². The van der Waals surface area contributed by atoms with Crippen LogP contribution in [0.2, 0.25) is 0 Å². The number of nitrogens with one attached hydrogen (secondary N) is 1. The van der Waals surface area contributed by atoms with Gasteiger partial charge in [0.25, 0.3) is 0 Å². The fraction of sp³-hybridized carbons (Fsp3) is 0.708. The summed E-state index contributed by atoms with van der Waals surface area (Å²) in [6, 6.07) is -0.720. The highest BCUT2D eigenvalue weighted by molar-refractivity contribution is 5.77. The SMILES string of the molecule is CC/C=C/C/C=C/C/C=C/C/C=C/C/C=C/CCC(=O)OC(CCCCC/C=C\CCCC)CC(=O)NC(CO)C(O)CCCCCCCCCCCC. The van der Waals surface area contributed by atoms with Gasteiger partial charge in [0, 0.05) is 6.42 Å². The molecule has 0 aromatic carbocycles. The minimum atomic E-state index is -0.803. The number of unbranched alkanes of at least 4 members (excludes halogenated alkanes) is 14. The molecule has 0 rings (SSSR count). The molecule has 0 radical (unpaired) electrons. The third kappa shape index (κ3) is 36.3. The summed E-state index contributed by atoms with van der Waals surface area (Å²) in [5.41, 5.74) is 0. The van der Waals surface area contributed by atoms with E-state index in [0.717, 1.165) is 83.5 Å². The van der Waals surface area contributed by atoms with Gasteiger partial charge in [-0.2, -0.15) is 0 Å². The van der Waals surface area contributed by atoms with E-state index in [1.54, 1.807) is 0 Å². The van der Waals surface area contributed by atoms with Gasteiger partial charge in [0.1, 0.15) is 6.10 Å². The number of rotatable bonds is 38. The molecule has 6 nitrogen and oxygen atoms in total. The number of amides is 1. The zero-order valence-corrected chi connectivity index (χ0v) is 35.1. The van der Waals surface area contributed by atoms with Crippen molar-refractivity contribution >= 4 is 11.9 Å². The molecule has 3 unspecified atom stereocenters. The van der Waals surface area contributed by atoms with Gasteiger partial charge in [-0.05, 0) is 77.0 Å². The van der Waals surface area contributed by atoms with Crippen LogP contribution in [0.5, 0.6) is 0 Å². The standard InChI is InChI=1S/C48H83NO5/c1-4-7-10-13-16-19-21-22-23-24-25-26-29-32-35-38-41-48(53)54-44(39-36-33-30-27-18-15-12-9-6-3)42-47(52)49-45(43-50)46(51)40-37-34-31-28-20-17-14-11-8-5-2/h7,10,15-16,18-19,22-23,25-26,32,35,44-46,50-51H,4-6,8-9,11-14,17,20-21,24,27-31,33-34,36-43H2,1-3H3,(H,49,52)/b10-7+,18-15-,19-16+,23-22+,26-25+,35-32+. The lowest BCUT2D eigenvalue weighted by Gasteiger charge is -2.24. The lowest BCUT2D eigenvalue weighted by molar-refractivity contribution is -0.150. The number of aliphatic hydroxyl groups is 2. The Balaban J connectivity index is 4.68. The molecule has 1 amide bonds. The molecule has 3 atom stereocenters. The number of allylic oxidation sites excluding steroid dienone is 12. The van der Waals surface area contributed by atoms with Crippen molar-refractivity contribution in [3.63, 3.8) is 0 Å². The van der Waals surface area contributed by atoms with Gasteiger partial charge < -0.3 is 20.3 Å². The minimum Gasteiger partial charge on any atom is -0.462 e. The molecule has 0 aromatic rings. The zero-order valence-electron chi connectivity index (χ0n) is 35.1. The summed E-state index contributed by atoms with van der Waals surface area (Å²) in [6.45, 7) is 6.26. The van der Waals surface area contributed by atoms with Gasteiger partial charge in [0.05, 0.1) is 25.2 Å². The average Bonchev–Trinajstić information content (AvgIpc) is 3.16. The maximum absolute atomic E-state index is 13.1. The average molecular weight is 754 g/mol. The monoisotopic (exact) mass is 754 g/mol. The molecule has 6 heteroatoms. The minimum absolute atomic E-state index is 0.0335. The first kappa shape index (κ1) is 51.3. The molecular weight excluding hydrogens is 671 g/mol. The van der Waals surface area contributed by atoms with E-state index >= 15 is 0 Å². The molecule has 0 aliphatic rings. The van der Waals surface area contributed by atoms with Crippen LogP contribution in [-0.2, 0) is 14.3 Å². The van der Waals surface area contributed by atoms with Crippen LogP contribution in [0, 0.1) is 0 Å². The number of ether oxygens (including phenoxy) is 1. The van der Waals surface area contributed by atoms with Gasteiger partial charge in [0.15, 0.2) is 0 Å². The summed E-state index contributed by atoms with van der Waals surface area (Å²) in [6.07, 6.45) is 51.2. The molecule has 0 bridgehead atoms. The number of esters is 1. The molecular formula is C48H83NO5. The van der Waals surface area contributed by atoms with Gasteiger partial charge >= 0.3 is 5.97 Å². The van der Waals surface area contributed by atoms with E-state index < -0.39 is 18.2 Å². The van der Waals surface area contributed by atoms with Gasteiger partial charge in [0.2, 0.25) is 5.91 Å². The van der Waals surface area contributed by atoms with Gasteiger partial charge in [-0.15, -0.1) is 0 Å². The van der Waals surface area contributed by atoms with Crippen molar-refractivity contribution in [1.82, 2.24) is 5.32 Å². The van der Waals surface area contributed by atoms with E-state index in [1.807, 2.05) is 6.08 Å². The van der Waals surface area contributed by atoms with Gasteiger partial charge in [-0.1, -0.05) is 177 Å². The van der Waals surface area contributed by atoms with Crippen molar-refractivity contribution in [2.45, 2.75) is 212 Å². The summed E-state index contributed by atoms with van der Waals surface area (Å²) < 4.78 is 5.83. The molecule has 0 heterocycles. The number of carbonyl (C=O) groups is 2. The van der Waals surface area contributed by atoms with Crippen molar-refractivity contribution in [3.8, 4) is 0 Å². The smallest absolute Gasteiger partial charge is 0.306 e. The predicted molar refractivity (Wildman–Crippen MR) is 231 cm³/mol. The normalized spacial score (nSPS) is 14.1. The summed E-state index contributed by atoms with van der Waals surface area (Å²) in [4.78, 5) is 25.9. The molecule has 0 spiro atoms. The van der Waals surface area contributed by atoms with Crippen LogP contribution in [0.25, 0.3) is 0 Å². The fourth-order valence-corrected chi connectivity index (χ4v) is 6.16. The van der Waals surface area contributed by atoms with Crippen LogP contribution in [-0.4, -0.2) is 46.9 Å². The maximum Gasteiger partial charge on any atom is 0.306 e. The molecule has 0 aromatic heterocycles. The first-order chi connectivity index (χ1) is 26.5. The lowest BCUT2D eigenvalue weighted by Crippen LogP contribution is -2.46. The summed E-state index contributed by atoms with van der Waals surface area (Å²) in [7, 11) is 0. The molecule has 54 heavy (non-hydrogen) atoms. The van der Waals surface area contributed by atoms with Crippen LogP contribution in [0.15, 0.2) is 72.9 Å². The first-order valence-electron chi connectivity index (χ1n) is 22.2. The Labute approximate surface area is 332 Å². The second kappa shape index (κ2) is 41.5. The quantitative estimate of drug-likeness (QED) is 0.0331. The highest BCUT2D eigenvalue weighted by atomic mass is 16.5. The van der Waals surface area contributed by atoms with E-state index in [-0.39, 0.29) is 31.3 Å². The maximum atomic E-state index is 13.1. The van der Waals surface area contributed by atoms with Crippen LogP contribution in [0.3, 0.4) is 0 Å². The first-order valence-corrected chi connectivity index (χ1v) is 22.2. The number of aliphatic hydroxyl groups excluding tert-OH is 2. The van der Waals surface area contributed by atoms with Crippen LogP contribution in [0.4, 0.5) is 0 Å². The van der Waals surface area contributed by atoms with E-state index in [0.29, 0.717) is 19.3 Å². The highest BCUT2D eigenvalue weighted by Crippen LogP contribution is 2.16. The van der Waals surface area contributed by atoms with Crippen LogP contribution >= 0.6 is 0 Å². The Morgan fingerprint density at radius 3 is 1.57 bits per heavy atom. The van der Waals surface area contributed by atoms with Crippen LogP contribution < -0.4 is 5.32 Å². The summed E-state index contributed by atoms with van der Waals surface area (Å²) in [5, 5.41) is 23.5. The van der Waals surface area contributed by atoms with Crippen molar-refractivity contribution in [2.24, 2.45) is 0 Å². The molecule has 0 aliphatic carbocycles. The summed E-state index contributed by atoms with van der Waals surface area (Å²) >= 11 is 0. The number of hydrogen-bond donors (Lipinski definition) is 3. The van der Waals surface area contributed by atoms with Gasteiger partial charge in [-0.25, -0.2) is 0 Å². The topological polar surface area (TPSA) is 95.9 Å². The molecule has 0 aliphatic heterocycles. The Kier molecular flexibility index (Phi) is 39.4. The van der Waals surface area contributed by atoms with E-state index in [1.165, 1.54) is 57.8 Å². The summed E-state index contributed by atoms with van der Waals surface area (Å²) in [5.74, 6) is -0.599. The van der Waals surface area contributed by atoms with Gasteiger partial charge in [-0.3, -0.25) is 9.59 Å². The zero-order chi connectivity index (χ0) is 39.6. The third-order valence-corrected chi connectivity index (χ3v) is 9.53. The third-order valence-electron chi connectivity index (χ3n) is 9.53. The van der Waals surface area contributed by atoms with Crippen molar-refractivity contribution in [1.29, 1.82) is 0 Å². The largest absolute Gasteiger partial charge is 0.462 e. The molecule has 3 N–H and O–H groups in total. The Morgan fingerprint density at radius 1 is 0.556 bits per heavy atom.